The Labute approximate surface area is 94.2 Å². The third-order valence-corrected chi connectivity index (χ3v) is 1.74. The van der Waals surface area contributed by atoms with Gasteiger partial charge in [-0.1, -0.05) is 6.42 Å². The van der Waals surface area contributed by atoms with E-state index in [1.807, 2.05) is 11.4 Å². The van der Waals surface area contributed by atoms with Crippen LogP contribution in [0.25, 0.3) is 0 Å². The van der Waals surface area contributed by atoms with E-state index in [9.17, 15) is 9.59 Å². The lowest BCUT2D eigenvalue weighted by molar-refractivity contribution is -0.119. The molecular formula is C10H14N4O2. The van der Waals surface area contributed by atoms with Crippen LogP contribution in [0.5, 0.6) is 0 Å². The Hall–Kier alpha value is -2.08. The zero-order valence-corrected chi connectivity index (χ0v) is 8.95. The molecule has 86 valence electrons. The summed E-state index contributed by atoms with van der Waals surface area (Å²) in [6.45, 7) is 0.455. The lowest BCUT2D eigenvalue weighted by Crippen LogP contribution is -2.39. The summed E-state index contributed by atoms with van der Waals surface area (Å²) < 4.78 is 0. The molecule has 6 heteroatoms. The minimum atomic E-state index is -0.607. The van der Waals surface area contributed by atoms with Crippen molar-refractivity contribution >= 4 is 11.9 Å². The summed E-state index contributed by atoms with van der Waals surface area (Å²) in [6.07, 6.45) is 2.64. The van der Waals surface area contributed by atoms with Crippen LogP contribution in [0.4, 0.5) is 4.79 Å². The van der Waals surface area contributed by atoms with Crippen molar-refractivity contribution in [1.82, 2.24) is 10.6 Å². The monoisotopic (exact) mass is 222 g/mol. The first-order valence-electron chi connectivity index (χ1n) is 5.02. The number of nitrogens with one attached hydrogen (secondary N) is 2. The summed E-state index contributed by atoms with van der Waals surface area (Å²) in [4.78, 5) is 21.8. The van der Waals surface area contributed by atoms with Crippen molar-refractivity contribution in [1.29, 1.82) is 10.5 Å². The van der Waals surface area contributed by atoms with Gasteiger partial charge < -0.3 is 5.32 Å². The van der Waals surface area contributed by atoms with E-state index in [0.717, 1.165) is 19.3 Å². The molecule has 0 fully saturated rings. The summed E-state index contributed by atoms with van der Waals surface area (Å²) in [6, 6.07) is 3.09. The van der Waals surface area contributed by atoms with Gasteiger partial charge in [0.05, 0.1) is 12.1 Å². The predicted molar refractivity (Wildman–Crippen MR) is 55.9 cm³/mol. The lowest BCUT2D eigenvalue weighted by atomic mass is 10.2. The number of rotatable bonds is 6. The molecule has 16 heavy (non-hydrogen) atoms. The third-order valence-electron chi connectivity index (χ3n) is 1.74. The fourth-order valence-corrected chi connectivity index (χ4v) is 0.995. The van der Waals surface area contributed by atoms with Crippen LogP contribution in [0.1, 0.15) is 32.1 Å². The van der Waals surface area contributed by atoms with Gasteiger partial charge in [-0.05, 0) is 12.8 Å². The van der Waals surface area contributed by atoms with E-state index in [0.29, 0.717) is 13.0 Å². The van der Waals surface area contributed by atoms with Crippen molar-refractivity contribution < 1.29 is 9.59 Å². The number of carbonyl (C=O) groups is 2. The molecule has 0 aliphatic rings. The van der Waals surface area contributed by atoms with E-state index in [-0.39, 0.29) is 6.42 Å². The molecule has 0 aromatic rings. The van der Waals surface area contributed by atoms with Gasteiger partial charge >= 0.3 is 6.03 Å². The highest BCUT2D eigenvalue weighted by Gasteiger charge is 2.05. The molecule has 0 spiro atoms. The van der Waals surface area contributed by atoms with Crippen LogP contribution in [0.15, 0.2) is 0 Å². The number of imide groups is 1. The van der Waals surface area contributed by atoms with Crippen molar-refractivity contribution in [2.45, 2.75) is 32.1 Å². The van der Waals surface area contributed by atoms with Gasteiger partial charge in [0.15, 0.2) is 0 Å². The SMILES string of the molecule is N#CCCCCCNC(=O)NC(=O)CC#N. The maximum absolute atomic E-state index is 11.0. The van der Waals surface area contributed by atoms with Gasteiger partial charge in [-0.15, -0.1) is 0 Å². The zero-order valence-electron chi connectivity index (χ0n) is 8.95. The first kappa shape index (κ1) is 13.9. The Kier molecular flexibility index (Phi) is 8.24. The first-order valence-corrected chi connectivity index (χ1v) is 5.02. The summed E-state index contributed by atoms with van der Waals surface area (Å²) in [5, 5.41) is 20.9. The van der Waals surface area contributed by atoms with Crippen molar-refractivity contribution in [3.05, 3.63) is 0 Å². The normalized spacial score (nSPS) is 8.62. The predicted octanol–water partition coefficient (Wildman–Crippen LogP) is 0.810. The third kappa shape index (κ3) is 8.52. The second-order valence-corrected chi connectivity index (χ2v) is 3.11. The van der Waals surface area contributed by atoms with E-state index in [2.05, 4.69) is 5.32 Å². The highest BCUT2D eigenvalue weighted by atomic mass is 16.2. The average Bonchev–Trinajstić information content (AvgIpc) is 2.23. The molecule has 0 heterocycles. The number of hydrogen-bond donors (Lipinski definition) is 2. The molecular weight excluding hydrogens is 208 g/mol. The largest absolute Gasteiger partial charge is 0.338 e. The fraction of sp³-hybridized carbons (Fsp3) is 0.600. The molecule has 0 aromatic carbocycles. The Morgan fingerprint density at radius 2 is 1.81 bits per heavy atom. The van der Waals surface area contributed by atoms with Gasteiger partial charge in [0.1, 0.15) is 6.42 Å². The van der Waals surface area contributed by atoms with E-state index in [1.165, 1.54) is 0 Å². The molecule has 0 aromatic heterocycles. The molecule has 0 unspecified atom stereocenters. The van der Waals surface area contributed by atoms with Crippen molar-refractivity contribution in [3.8, 4) is 12.1 Å². The van der Waals surface area contributed by atoms with Crippen LogP contribution >= 0.6 is 0 Å². The fourth-order valence-electron chi connectivity index (χ4n) is 0.995. The van der Waals surface area contributed by atoms with Gasteiger partial charge in [0, 0.05) is 13.0 Å². The Morgan fingerprint density at radius 3 is 2.44 bits per heavy atom. The van der Waals surface area contributed by atoms with Crippen molar-refractivity contribution in [2.75, 3.05) is 6.54 Å². The molecule has 0 aliphatic carbocycles. The molecule has 6 nitrogen and oxygen atoms in total. The van der Waals surface area contributed by atoms with Crippen LogP contribution in [0, 0.1) is 22.7 Å². The quantitative estimate of drug-likeness (QED) is 0.648. The molecule has 0 bridgehead atoms. The van der Waals surface area contributed by atoms with Crippen LogP contribution in [0.3, 0.4) is 0 Å². The van der Waals surface area contributed by atoms with Crippen molar-refractivity contribution in [3.63, 3.8) is 0 Å². The number of nitrogens with zero attached hydrogens (tertiary/aromatic N) is 2. The number of nitriles is 2. The molecule has 0 saturated carbocycles. The highest BCUT2D eigenvalue weighted by molar-refractivity contribution is 5.95. The average molecular weight is 222 g/mol. The second kappa shape index (κ2) is 9.47. The number of amides is 3. The van der Waals surface area contributed by atoms with Crippen LogP contribution < -0.4 is 10.6 Å². The Balaban J connectivity index is 3.42. The summed E-state index contributed by atoms with van der Waals surface area (Å²) in [5.74, 6) is -0.607. The van der Waals surface area contributed by atoms with Crippen LogP contribution in [0.2, 0.25) is 0 Å². The minimum Gasteiger partial charge on any atom is -0.338 e. The second-order valence-electron chi connectivity index (χ2n) is 3.11. The molecule has 0 atom stereocenters. The molecule has 0 radical (unpaired) electrons. The van der Waals surface area contributed by atoms with Gasteiger partial charge in [-0.3, -0.25) is 10.1 Å². The lowest BCUT2D eigenvalue weighted by Gasteiger charge is -2.04. The maximum Gasteiger partial charge on any atom is 0.321 e. The molecule has 0 rings (SSSR count). The molecule has 3 amide bonds. The summed E-state index contributed by atoms with van der Waals surface area (Å²) >= 11 is 0. The minimum absolute atomic E-state index is 0.324. The number of urea groups is 1. The summed E-state index contributed by atoms with van der Waals surface area (Å²) in [5.41, 5.74) is 0. The van der Waals surface area contributed by atoms with Crippen LogP contribution in [-0.4, -0.2) is 18.5 Å². The number of carbonyl (C=O) groups excluding carboxylic acids is 2. The molecule has 0 saturated heterocycles. The smallest absolute Gasteiger partial charge is 0.321 e. The van der Waals surface area contributed by atoms with Gasteiger partial charge in [0.2, 0.25) is 5.91 Å². The maximum atomic E-state index is 11.0. The summed E-state index contributed by atoms with van der Waals surface area (Å²) in [7, 11) is 0. The topological polar surface area (TPSA) is 106 Å². The van der Waals surface area contributed by atoms with Gasteiger partial charge in [0.25, 0.3) is 0 Å². The zero-order chi connectivity index (χ0) is 12.2. The van der Waals surface area contributed by atoms with E-state index < -0.39 is 11.9 Å². The Bertz CT molecular complexity index is 314. The van der Waals surface area contributed by atoms with E-state index >= 15 is 0 Å². The van der Waals surface area contributed by atoms with E-state index in [4.69, 9.17) is 10.5 Å². The van der Waals surface area contributed by atoms with E-state index in [1.54, 1.807) is 6.07 Å². The Morgan fingerprint density at radius 1 is 1.06 bits per heavy atom. The number of hydrogen-bond acceptors (Lipinski definition) is 4. The standard InChI is InChI=1S/C10H14N4O2/c11-6-3-1-2-4-8-13-10(16)14-9(15)5-7-12/h1-5,8H2,(H2,13,14,15,16). The van der Waals surface area contributed by atoms with Crippen LogP contribution in [-0.2, 0) is 4.79 Å². The highest BCUT2D eigenvalue weighted by Crippen LogP contribution is 1.96. The first-order chi connectivity index (χ1) is 7.70. The van der Waals surface area contributed by atoms with Crippen molar-refractivity contribution in [2.24, 2.45) is 0 Å². The van der Waals surface area contributed by atoms with Gasteiger partial charge in [-0.25, -0.2) is 4.79 Å². The number of unbranched alkanes of at least 4 members (excludes halogenated alkanes) is 3. The van der Waals surface area contributed by atoms with Gasteiger partial charge in [-0.2, -0.15) is 10.5 Å². The molecule has 0 aliphatic heterocycles. The molecule has 2 N–H and O–H groups in total.